The maximum Gasteiger partial charge on any atom is 0.324 e. The zero-order valence-corrected chi connectivity index (χ0v) is 5.00. The molecule has 0 aromatic carbocycles. The minimum absolute atomic E-state index is 0.131. The third-order valence-corrected chi connectivity index (χ3v) is 0.622. The van der Waals surface area contributed by atoms with Crippen LogP contribution in [0.5, 0.6) is 0 Å². The van der Waals surface area contributed by atoms with Crippen LogP contribution in [0.1, 0.15) is 13.3 Å². The summed E-state index contributed by atoms with van der Waals surface area (Å²) in [4.78, 5) is 10.2. The van der Waals surface area contributed by atoms with Crippen LogP contribution in [0.25, 0.3) is 0 Å². The fraction of sp³-hybridized carbons (Fsp3) is 0.600. The molecule has 0 saturated heterocycles. The standard InChI is InChI=1S/C5H7NO3/c1-4(7)2-5(8)9-3-6/h4,7H,2H2,1H3. The van der Waals surface area contributed by atoms with Crippen molar-refractivity contribution in [2.45, 2.75) is 19.4 Å². The molecule has 1 unspecified atom stereocenters. The van der Waals surface area contributed by atoms with Gasteiger partial charge in [0.2, 0.25) is 0 Å². The van der Waals surface area contributed by atoms with Gasteiger partial charge in [-0.15, -0.1) is 5.26 Å². The van der Waals surface area contributed by atoms with Gasteiger partial charge >= 0.3 is 5.97 Å². The smallest absolute Gasteiger partial charge is 0.324 e. The Kier molecular flexibility index (Phi) is 3.40. The minimum atomic E-state index is -0.745. The summed E-state index contributed by atoms with van der Waals surface area (Å²) in [6.07, 6.45) is 0.336. The van der Waals surface area contributed by atoms with Crippen molar-refractivity contribution >= 4 is 5.97 Å². The number of aliphatic hydroxyl groups excluding tert-OH is 1. The van der Waals surface area contributed by atoms with Crippen molar-refractivity contribution in [3.8, 4) is 6.26 Å². The van der Waals surface area contributed by atoms with Crippen LogP contribution in [-0.2, 0) is 9.53 Å². The Labute approximate surface area is 52.7 Å². The molecule has 0 fully saturated rings. The first-order chi connectivity index (χ1) is 4.16. The van der Waals surface area contributed by atoms with Crippen LogP contribution in [-0.4, -0.2) is 17.2 Å². The SMILES string of the molecule is CC(O)CC(=O)OC#N. The Morgan fingerprint density at radius 1 is 2.00 bits per heavy atom. The zero-order valence-electron chi connectivity index (χ0n) is 5.00. The van der Waals surface area contributed by atoms with Gasteiger partial charge in [0.25, 0.3) is 6.26 Å². The molecule has 0 aromatic rings. The lowest BCUT2D eigenvalue weighted by atomic mass is 10.3. The first kappa shape index (κ1) is 7.92. The Balaban J connectivity index is 3.42. The summed E-state index contributed by atoms with van der Waals surface area (Å²) in [7, 11) is 0. The van der Waals surface area contributed by atoms with E-state index in [4.69, 9.17) is 10.4 Å². The number of nitriles is 1. The van der Waals surface area contributed by atoms with E-state index in [-0.39, 0.29) is 6.42 Å². The van der Waals surface area contributed by atoms with E-state index in [1.807, 2.05) is 0 Å². The van der Waals surface area contributed by atoms with Gasteiger partial charge in [-0.2, -0.15) is 0 Å². The van der Waals surface area contributed by atoms with Crippen molar-refractivity contribution < 1.29 is 14.6 Å². The molecular weight excluding hydrogens is 122 g/mol. The first-order valence-electron chi connectivity index (χ1n) is 2.43. The molecule has 0 aliphatic rings. The van der Waals surface area contributed by atoms with Gasteiger partial charge in [0.15, 0.2) is 0 Å². The summed E-state index contributed by atoms with van der Waals surface area (Å²) >= 11 is 0. The monoisotopic (exact) mass is 129 g/mol. The highest BCUT2D eigenvalue weighted by Crippen LogP contribution is 1.90. The maximum atomic E-state index is 10.2. The van der Waals surface area contributed by atoms with Crippen LogP contribution in [0.15, 0.2) is 0 Å². The summed E-state index contributed by atoms with van der Waals surface area (Å²) in [5.41, 5.74) is 0. The number of aliphatic hydroxyl groups is 1. The van der Waals surface area contributed by atoms with Crippen molar-refractivity contribution in [3.05, 3.63) is 0 Å². The van der Waals surface area contributed by atoms with Gasteiger partial charge in [0, 0.05) is 0 Å². The number of nitrogens with zero attached hydrogens (tertiary/aromatic N) is 1. The molecule has 50 valence electrons. The molecule has 9 heavy (non-hydrogen) atoms. The van der Waals surface area contributed by atoms with E-state index in [0.717, 1.165) is 0 Å². The highest BCUT2D eigenvalue weighted by molar-refractivity contribution is 5.70. The third kappa shape index (κ3) is 4.78. The first-order valence-corrected chi connectivity index (χ1v) is 2.43. The molecule has 4 nitrogen and oxygen atoms in total. The number of esters is 1. The molecule has 1 N–H and O–H groups in total. The van der Waals surface area contributed by atoms with E-state index in [1.54, 1.807) is 0 Å². The molecule has 4 heteroatoms. The van der Waals surface area contributed by atoms with Gasteiger partial charge in [0.1, 0.15) is 0 Å². The van der Waals surface area contributed by atoms with Gasteiger partial charge in [-0.3, -0.25) is 4.79 Å². The second-order valence-electron chi connectivity index (χ2n) is 1.62. The molecule has 0 radical (unpaired) electrons. The Bertz CT molecular complexity index is 136. The highest BCUT2D eigenvalue weighted by Gasteiger charge is 2.05. The largest absolute Gasteiger partial charge is 0.393 e. The van der Waals surface area contributed by atoms with E-state index < -0.39 is 12.1 Å². The lowest BCUT2D eigenvalue weighted by molar-refractivity contribution is -0.138. The fourth-order valence-corrected chi connectivity index (χ4v) is 0.334. The molecule has 0 saturated carbocycles. The van der Waals surface area contributed by atoms with Crippen molar-refractivity contribution in [2.75, 3.05) is 0 Å². The molecule has 0 aliphatic carbocycles. The van der Waals surface area contributed by atoms with Gasteiger partial charge < -0.3 is 9.84 Å². The lowest BCUT2D eigenvalue weighted by Crippen LogP contribution is -2.09. The van der Waals surface area contributed by atoms with Crippen LogP contribution >= 0.6 is 0 Å². The predicted molar refractivity (Wildman–Crippen MR) is 28.0 cm³/mol. The topological polar surface area (TPSA) is 70.3 Å². The van der Waals surface area contributed by atoms with Crippen molar-refractivity contribution in [2.24, 2.45) is 0 Å². The molecule has 0 amide bonds. The van der Waals surface area contributed by atoms with E-state index in [9.17, 15) is 4.79 Å². The maximum absolute atomic E-state index is 10.2. The van der Waals surface area contributed by atoms with Crippen LogP contribution in [0.2, 0.25) is 0 Å². The molecule has 0 heterocycles. The lowest BCUT2D eigenvalue weighted by Gasteiger charge is -1.97. The predicted octanol–water partition coefficient (Wildman–Crippen LogP) is -0.218. The van der Waals surface area contributed by atoms with Gasteiger partial charge in [0.05, 0.1) is 12.5 Å². The number of ether oxygens (including phenoxy) is 1. The quantitative estimate of drug-likeness (QED) is 0.413. The summed E-state index contributed by atoms with van der Waals surface area (Å²) in [5, 5.41) is 16.3. The highest BCUT2D eigenvalue weighted by atomic mass is 16.5. The second-order valence-corrected chi connectivity index (χ2v) is 1.62. The Hall–Kier alpha value is -1.08. The van der Waals surface area contributed by atoms with E-state index >= 15 is 0 Å². The summed E-state index contributed by atoms with van der Waals surface area (Å²) < 4.78 is 3.86. The van der Waals surface area contributed by atoms with Crippen LogP contribution in [0.4, 0.5) is 0 Å². The molecule has 0 spiro atoms. The van der Waals surface area contributed by atoms with Crippen LogP contribution in [0, 0.1) is 11.5 Å². The summed E-state index contributed by atoms with van der Waals surface area (Å²) in [5.74, 6) is -0.701. The average Bonchev–Trinajstić information content (AvgIpc) is 1.63. The fourth-order valence-electron chi connectivity index (χ4n) is 0.334. The van der Waals surface area contributed by atoms with Crippen LogP contribution in [0.3, 0.4) is 0 Å². The Morgan fingerprint density at radius 2 is 2.56 bits per heavy atom. The zero-order chi connectivity index (χ0) is 7.28. The third-order valence-electron chi connectivity index (χ3n) is 0.622. The summed E-state index contributed by atoms with van der Waals surface area (Å²) in [6, 6.07) is 0. The second kappa shape index (κ2) is 3.87. The van der Waals surface area contributed by atoms with E-state index in [1.165, 1.54) is 13.2 Å². The van der Waals surface area contributed by atoms with Crippen molar-refractivity contribution in [1.29, 1.82) is 5.26 Å². The van der Waals surface area contributed by atoms with Gasteiger partial charge in [-0.05, 0) is 6.92 Å². The number of carbonyl (C=O) groups excluding carboxylic acids is 1. The normalized spacial score (nSPS) is 11.7. The molecule has 0 aromatic heterocycles. The molecular formula is C5H7NO3. The molecule has 0 rings (SSSR count). The minimum Gasteiger partial charge on any atom is -0.393 e. The average molecular weight is 129 g/mol. The van der Waals surface area contributed by atoms with Crippen LogP contribution < -0.4 is 0 Å². The van der Waals surface area contributed by atoms with E-state index in [0.29, 0.717) is 0 Å². The summed E-state index contributed by atoms with van der Waals surface area (Å²) in [6.45, 7) is 1.44. The molecule has 0 aliphatic heterocycles. The Morgan fingerprint density at radius 3 is 2.89 bits per heavy atom. The number of hydrogen-bond acceptors (Lipinski definition) is 4. The molecule has 0 bridgehead atoms. The van der Waals surface area contributed by atoms with E-state index in [2.05, 4.69) is 4.74 Å². The van der Waals surface area contributed by atoms with Crippen molar-refractivity contribution in [1.82, 2.24) is 0 Å². The number of hydrogen-bond donors (Lipinski definition) is 1. The van der Waals surface area contributed by atoms with Gasteiger partial charge in [-0.1, -0.05) is 0 Å². The van der Waals surface area contributed by atoms with Gasteiger partial charge in [-0.25, -0.2) is 0 Å². The number of carbonyl (C=O) groups is 1. The number of rotatable bonds is 2. The van der Waals surface area contributed by atoms with Crippen molar-refractivity contribution in [3.63, 3.8) is 0 Å². The molecule has 1 atom stereocenters.